The molecule has 5 nitrogen and oxygen atoms in total. The van der Waals surface area contributed by atoms with Crippen LogP contribution in [-0.4, -0.2) is 38.9 Å². The zero-order valence-electron chi connectivity index (χ0n) is 11.7. The van der Waals surface area contributed by atoms with E-state index in [2.05, 4.69) is 4.72 Å². The first-order chi connectivity index (χ1) is 7.62. The lowest BCUT2D eigenvalue weighted by molar-refractivity contribution is 0.319. The maximum Gasteiger partial charge on any atom is 0.279 e. The summed E-state index contributed by atoms with van der Waals surface area (Å²) in [6.45, 7) is 8.85. The van der Waals surface area contributed by atoms with Gasteiger partial charge in [-0.05, 0) is 38.6 Å². The van der Waals surface area contributed by atoms with Crippen LogP contribution in [0.2, 0.25) is 0 Å². The number of nitrogens with one attached hydrogen (secondary N) is 1. The predicted molar refractivity (Wildman–Crippen MR) is 71.9 cm³/mol. The lowest BCUT2D eigenvalue weighted by Crippen LogP contribution is -2.45. The molecule has 0 saturated heterocycles. The molecule has 0 aromatic carbocycles. The summed E-state index contributed by atoms with van der Waals surface area (Å²) in [5.41, 5.74) is 5.39. The van der Waals surface area contributed by atoms with E-state index in [0.29, 0.717) is 13.1 Å². The molecule has 3 N–H and O–H groups in total. The molecule has 0 aliphatic rings. The SMILES string of the molecule is CC(C)N(C)S(=O)(=O)NCC(C)(C)CCCN. The molecule has 104 valence electrons. The van der Waals surface area contributed by atoms with Crippen molar-refractivity contribution in [3.05, 3.63) is 0 Å². The van der Waals surface area contributed by atoms with E-state index in [1.54, 1.807) is 7.05 Å². The third kappa shape index (κ3) is 6.35. The van der Waals surface area contributed by atoms with Crippen LogP contribution in [0.25, 0.3) is 0 Å². The van der Waals surface area contributed by atoms with Crippen molar-refractivity contribution in [3.8, 4) is 0 Å². The molecular formula is C11H27N3O2S. The summed E-state index contributed by atoms with van der Waals surface area (Å²) in [5, 5.41) is 0. The molecular weight excluding hydrogens is 238 g/mol. The van der Waals surface area contributed by atoms with E-state index in [-0.39, 0.29) is 11.5 Å². The van der Waals surface area contributed by atoms with Crippen LogP contribution in [0, 0.1) is 5.41 Å². The third-order valence-corrected chi connectivity index (χ3v) is 4.59. The molecule has 17 heavy (non-hydrogen) atoms. The van der Waals surface area contributed by atoms with E-state index in [4.69, 9.17) is 5.73 Å². The van der Waals surface area contributed by atoms with Crippen LogP contribution in [0.15, 0.2) is 0 Å². The molecule has 0 saturated carbocycles. The van der Waals surface area contributed by atoms with Crippen molar-refractivity contribution in [3.63, 3.8) is 0 Å². The summed E-state index contributed by atoms with van der Waals surface area (Å²) >= 11 is 0. The number of nitrogens with zero attached hydrogens (tertiary/aromatic N) is 1. The average molecular weight is 265 g/mol. The molecule has 0 radical (unpaired) electrons. The van der Waals surface area contributed by atoms with Crippen molar-refractivity contribution in [1.29, 1.82) is 0 Å². The van der Waals surface area contributed by atoms with Crippen molar-refractivity contribution in [2.45, 2.75) is 46.6 Å². The van der Waals surface area contributed by atoms with Gasteiger partial charge in [0, 0.05) is 19.6 Å². The molecule has 0 rings (SSSR count). The predicted octanol–water partition coefficient (Wildman–Crippen LogP) is 0.926. The topological polar surface area (TPSA) is 75.4 Å². The van der Waals surface area contributed by atoms with Crippen LogP contribution in [0.1, 0.15) is 40.5 Å². The van der Waals surface area contributed by atoms with Crippen molar-refractivity contribution in [2.24, 2.45) is 11.1 Å². The standard InChI is InChI=1S/C11H27N3O2S/c1-10(2)14(5)17(15,16)13-9-11(3,4)7-6-8-12/h10,13H,6-9,12H2,1-5H3. The summed E-state index contributed by atoms with van der Waals surface area (Å²) < 4.78 is 27.8. The zero-order chi connectivity index (χ0) is 13.7. The number of nitrogens with two attached hydrogens (primary N) is 1. The fraction of sp³-hybridized carbons (Fsp3) is 1.00. The summed E-state index contributed by atoms with van der Waals surface area (Å²) in [7, 11) is -1.78. The Balaban J connectivity index is 4.36. The highest BCUT2D eigenvalue weighted by atomic mass is 32.2. The van der Waals surface area contributed by atoms with E-state index in [0.717, 1.165) is 12.8 Å². The van der Waals surface area contributed by atoms with Gasteiger partial charge in [0.25, 0.3) is 10.2 Å². The van der Waals surface area contributed by atoms with Gasteiger partial charge in [-0.25, -0.2) is 4.72 Å². The van der Waals surface area contributed by atoms with Gasteiger partial charge in [0.2, 0.25) is 0 Å². The molecule has 0 fully saturated rings. The van der Waals surface area contributed by atoms with Crippen molar-refractivity contribution >= 4 is 10.2 Å². The highest BCUT2D eigenvalue weighted by molar-refractivity contribution is 7.87. The van der Waals surface area contributed by atoms with E-state index in [1.807, 2.05) is 27.7 Å². The van der Waals surface area contributed by atoms with Crippen LogP contribution in [0.4, 0.5) is 0 Å². The highest BCUT2D eigenvalue weighted by Gasteiger charge is 2.24. The van der Waals surface area contributed by atoms with Gasteiger partial charge >= 0.3 is 0 Å². The minimum atomic E-state index is -3.37. The average Bonchev–Trinajstić information content (AvgIpc) is 2.23. The Labute approximate surface area is 106 Å². The van der Waals surface area contributed by atoms with Crippen LogP contribution >= 0.6 is 0 Å². The van der Waals surface area contributed by atoms with Crippen molar-refractivity contribution in [2.75, 3.05) is 20.1 Å². The molecule has 0 amide bonds. The van der Waals surface area contributed by atoms with E-state index in [9.17, 15) is 8.42 Å². The molecule has 0 aliphatic carbocycles. The lowest BCUT2D eigenvalue weighted by Gasteiger charge is -2.27. The monoisotopic (exact) mass is 265 g/mol. The summed E-state index contributed by atoms with van der Waals surface area (Å²) in [5.74, 6) is 0. The zero-order valence-corrected chi connectivity index (χ0v) is 12.5. The van der Waals surface area contributed by atoms with Gasteiger partial charge in [0.1, 0.15) is 0 Å². The number of hydrogen-bond donors (Lipinski definition) is 2. The maximum atomic E-state index is 11.9. The van der Waals surface area contributed by atoms with Gasteiger partial charge < -0.3 is 5.73 Å². The molecule has 0 aliphatic heterocycles. The third-order valence-electron chi connectivity index (χ3n) is 2.90. The second-order valence-electron chi connectivity index (χ2n) is 5.49. The van der Waals surface area contributed by atoms with Gasteiger partial charge in [-0.2, -0.15) is 12.7 Å². The molecule has 0 aromatic rings. The Kier molecular flexibility index (Phi) is 6.61. The molecule has 0 bridgehead atoms. The van der Waals surface area contributed by atoms with Crippen LogP contribution < -0.4 is 10.5 Å². The summed E-state index contributed by atoms with van der Waals surface area (Å²) in [6.07, 6.45) is 1.83. The maximum absolute atomic E-state index is 11.9. The first kappa shape index (κ1) is 16.8. The number of rotatable bonds is 8. The molecule has 6 heteroatoms. The van der Waals surface area contributed by atoms with Gasteiger partial charge in [-0.1, -0.05) is 13.8 Å². The number of hydrogen-bond acceptors (Lipinski definition) is 3. The molecule has 0 unspecified atom stereocenters. The smallest absolute Gasteiger partial charge is 0.279 e. The highest BCUT2D eigenvalue weighted by Crippen LogP contribution is 2.21. The van der Waals surface area contributed by atoms with E-state index >= 15 is 0 Å². The van der Waals surface area contributed by atoms with E-state index < -0.39 is 10.2 Å². The molecule has 0 aromatic heterocycles. The molecule has 0 atom stereocenters. The van der Waals surface area contributed by atoms with Gasteiger partial charge in [0.15, 0.2) is 0 Å². The fourth-order valence-corrected chi connectivity index (χ4v) is 2.67. The first-order valence-corrected chi connectivity index (χ1v) is 7.49. The minimum Gasteiger partial charge on any atom is -0.330 e. The largest absolute Gasteiger partial charge is 0.330 e. The lowest BCUT2D eigenvalue weighted by atomic mass is 9.88. The minimum absolute atomic E-state index is 0.0420. The summed E-state index contributed by atoms with van der Waals surface area (Å²) in [6, 6.07) is -0.0420. The van der Waals surface area contributed by atoms with Crippen molar-refractivity contribution < 1.29 is 8.42 Å². The van der Waals surface area contributed by atoms with Crippen LogP contribution in [-0.2, 0) is 10.2 Å². The van der Waals surface area contributed by atoms with E-state index in [1.165, 1.54) is 4.31 Å². The normalized spacial score (nSPS) is 13.6. The van der Waals surface area contributed by atoms with Gasteiger partial charge in [-0.15, -0.1) is 0 Å². The van der Waals surface area contributed by atoms with Crippen LogP contribution in [0.3, 0.4) is 0 Å². The van der Waals surface area contributed by atoms with Gasteiger partial charge in [0.05, 0.1) is 0 Å². The Morgan fingerprint density at radius 3 is 2.29 bits per heavy atom. The second-order valence-corrected chi connectivity index (χ2v) is 7.31. The fourth-order valence-electron chi connectivity index (χ4n) is 1.33. The van der Waals surface area contributed by atoms with Crippen LogP contribution in [0.5, 0.6) is 0 Å². The molecule has 0 spiro atoms. The second kappa shape index (κ2) is 6.68. The Bertz CT molecular complexity index is 313. The van der Waals surface area contributed by atoms with Crippen molar-refractivity contribution in [1.82, 2.24) is 9.03 Å². The Morgan fingerprint density at radius 1 is 1.35 bits per heavy atom. The molecule has 0 heterocycles. The van der Waals surface area contributed by atoms with Gasteiger partial charge in [-0.3, -0.25) is 0 Å². The Hall–Kier alpha value is -0.170. The summed E-state index contributed by atoms with van der Waals surface area (Å²) in [4.78, 5) is 0. The first-order valence-electron chi connectivity index (χ1n) is 6.05. The Morgan fingerprint density at radius 2 is 1.88 bits per heavy atom. The quantitative estimate of drug-likeness (QED) is 0.685.